The molecule has 0 spiro atoms. The monoisotopic (exact) mass is 337 g/mol. The van der Waals surface area contributed by atoms with E-state index in [0.29, 0.717) is 25.0 Å². The van der Waals surface area contributed by atoms with E-state index in [9.17, 15) is 4.79 Å². The zero-order valence-electron chi connectivity index (χ0n) is 14.5. The minimum absolute atomic E-state index is 0.117. The van der Waals surface area contributed by atoms with Crippen molar-refractivity contribution in [2.75, 3.05) is 45.9 Å². The molecule has 5 N–H and O–H groups in total. The summed E-state index contributed by atoms with van der Waals surface area (Å²) in [5, 5.41) is 14.0. The number of hydrogen-bond acceptors (Lipinski definition) is 6. The first-order chi connectivity index (χ1) is 11.7. The normalized spacial score (nSPS) is 21.0. The minimum Gasteiger partial charge on any atom is -0.478 e. The Kier molecular flexibility index (Phi) is 8.04. The molecule has 0 aromatic rings. The van der Waals surface area contributed by atoms with E-state index in [1.165, 1.54) is 32.1 Å². The van der Waals surface area contributed by atoms with E-state index in [4.69, 9.17) is 15.9 Å². The first-order valence-electron chi connectivity index (χ1n) is 9.05. The van der Waals surface area contributed by atoms with Crippen LogP contribution in [-0.2, 0) is 9.53 Å². The SMILES string of the molecule is N=C/C(C(N)=O)=C(\NCCN1CCNCC1)OCC1CCCCC1. The molecule has 7 heteroatoms. The summed E-state index contributed by atoms with van der Waals surface area (Å²) in [5.74, 6) is 0.264. The molecule has 24 heavy (non-hydrogen) atoms. The lowest BCUT2D eigenvalue weighted by atomic mass is 9.90. The number of nitrogens with zero attached hydrogens (tertiary/aromatic N) is 1. The molecular formula is C17H31N5O2. The van der Waals surface area contributed by atoms with E-state index in [-0.39, 0.29) is 5.57 Å². The van der Waals surface area contributed by atoms with Gasteiger partial charge in [0.15, 0.2) is 0 Å². The molecule has 1 saturated heterocycles. The molecule has 2 aliphatic rings. The number of carbonyl (C=O) groups is 1. The molecule has 1 saturated carbocycles. The molecule has 0 unspecified atom stereocenters. The Morgan fingerprint density at radius 3 is 2.62 bits per heavy atom. The summed E-state index contributed by atoms with van der Waals surface area (Å²) in [5.41, 5.74) is 5.50. The number of rotatable bonds is 9. The Labute approximate surface area is 144 Å². The van der Waals surface area contributed by atoms with Crippen LogP contribution in [0.2, 0.25) is 0 Å². The number of nitrogens with one attached hydrogen (secondary N) is 3. The maximum absolute atomic E-state index is 11.6. The van der Waals surface area contributed by atoms with Crippen LogP contribution in [0.25, 0.3) is 0 Å². The fourth-order valence-corrected chi connectivity index (χ4v) is 3.29. The molecule has 1 aliphatic heterocycles. The van der Waals surface area contributed by atoms with Crippen LogP contribution in [0.3, 0.4) is 0 Å². The van der Waals surface area contributed by atoms with Gasteiger partial charge >= 0.3 is 0 Å². The third-order valence-corrected chi connectivity index (χ3v) is 4.77. The van der Waals surface area contributed by atoms with Gasteiger partial charge in [-0.1, -0.05) is 19.3 Å². The molecule has 7 nitrogen and oxygen atoms in total. The third kappa shape index (κ3) is 6.13. The highest BCUT2D eigenvalue weighted by Gasteiger charge is 2.18. The van der Waals surface area contributed by atoms with Crippen molar-refractivity contribution in [1.82, 2.24) is 15.5 Å². The summed E-state index contributed by atoms with van der Waals surface area (Å²) in [6.07, 6.45) is 7.12. The van der Waals surface area contributed by atoms with Crippen LogP contribution in [0.15, 0.2) is 11.5 Å². The number of amides is 1. The molecule has 2 rings (SSSR count). The van der Waals surface area contributed by atoms with E-state index in [2.05, 4.69) is 15.5 Å². The standard InChI is InChI=1S/C17H31N5O2/c18-12-15(16(19)23)17(24-13-14-4-2-1-3-5-14)21-8-11-22-9-6-20-7-10-22/h12,14,18,20-21H,1-11,13H2,(H2,19,23)/b17-15-,18-12?. The first-order valence-corrected chi connectivity index (χ1v) is 9.05. The summed E-state index contributed by atoms with van der Waals surface area (Å²) in [6.45, 7) is 6.20. The Bertz CT molecular complexity index is 440. The van der Waals surface area contributed by atoms with Gasteiger partial charge in [0.25, 0.3) is 5.91 Å². The van der Waals surface area contributed by atoms with Crippen LogP contribution in [0.5, 0.6) is 0 Å². The third-order valence-electron chi connectivity index (χ3n) is 4.77. The summed E-state index contributed by atoms with van der Waals surface area (Å²) in [7, 11) is 0. The molecule has 0 atom stereocenters. The smallest absolute Gasteiger partial charge is 0.255 e. The maximum Gasteiger partial charge on any atom is 0.255 e. The zero-order chi connectivity index (χ0) is 17.2. The molecule has 0 radical (unpaired) electrons. The average Bonchev–Trinajstić information content (AvgIpc) is 2.61. The second-order valence-electron chi connectivity index (χ2n) is 6.58. The van der Waals surface area contributed by atoms with Gasteiger partial charge in [0, 0.05) is 45.5 Å². The lowest BCUT2D eigenvalue weighted by Gasteiger charge is -2.28. The molecule has 0 bridgehead atoms. The summed E-state index contributed by atoms with van der Waals surface area (Å²) >= 11 is 0. The predicted molar refractivity (Wildman–Crippen MR) is 94.8 cm³/mol. The van der Waals surface area contributed by atoms with E-state index < -0.39 is 5.91 Å². The van der Waals surface area contributed by atoms with Gasteiger partial charge in [0.05, 0.1) is 6.61 Å². The Morgan fingerprint density at radius 1 is 1.29 bits per heavy atom. The number of carbonyl (C=O) groups excluding carboxylic acids is 1. The predicted octanol–water partition coefficient (Wildman–Crippen LogP) is 0.425. The molecule has 1 heterocycles. The van der Waals surface area contributed by atoms with Crippen LogP contribution in [0.4, 0.5) is 0 Å². The molecule has 136 valence electrons. The van der Waals surface area contributed by atoms with Crippen LogP contribution in [0.1, 0.15) is 32.1 Å². The highest BCUT2D eigenvalue weighted by atomic mass is 16.5. The zero-order valence-corrected chi connectivity index (χ0v) is 14.5. The Morgan fingerprint density at radius 2 is 2.00 bits per heavy atom. The van der Waals surface area contributed by atoms with Crippen molar-refractivity contribution >= 4 is 12.1 Å². The quantitative estimate of drug-likeness (QED) is 0.277. The van der Waals surface area contributed by atoms with Gasteiger partial charge < -0.3 is 26.5 Å². The minimum atomic E-state index is -0.627. The van der Waals surface area contributed by atoms with Gasteiger partial charge in [-0.05, 0) is 18.8 Å². The van der Waals surface area contributed by atoms with Gasteiger partial charge in [-0.3, -0.25) is 9.69 Å². The van der Waals surface area contributed by atoms with E-state index in [1.54, 1.807) is 0 Å². The van der Waals surface area contributed by atoms with E-state index in [0.717, 1.165) is 38.9 Å². The molecule has 1 amide bonds. The van der Waals surface area contributed by atoms with Crippen LogP contribution >= 0.6 is 0 Å². The largest absolute Gasteiger partial charge is 0.478 e. The molecule has 2 fully saturated rings. The lowest BCUT2D eigenvalue weighted by molar-refractivity contribution is -0.114. The van der Waals surface area contributed by atoms with Gasteiger partial charge in [0.1, 0.15) is 5.57 Å². The fraction of sp³-hybridized carbons (Fsp3) is 0.765. The molecule has 0 aromatic heterocycles. The Hall–Kier alpha value is -1.60. The second-order valence-corrected chi connectivity index (χ2v) is 6.58. The van der Waals surface area contributed by atoms with Crippen LogP contribution in [-0.4, -0.2) is 62.9 Å². The summed E-state index contributed by atoms with van der Waals surface area (Å²) in [4.78, 5) is 13.9. The van der Waals surface area contributed by atoms with E-state index in [1.807, 2.05) is 0 Å². The van der Waals surface area contributed by atoms with Crippen LogP contribution < -0.4 is 16.4 Å². The average molecular weight is 337 g/mol. The number of nitrogens with two attached hydrogens (primary N) is 1. The van der Waals surface area contributed by atoms with Gasteiger partial charge in [0.2, 0.25) is 5.88 Å². The lowest BCUT2D eigenvalue weighted by Crippen LogP contribution is -2.45. The van der Waals surface area contributed by atoms with Crippen molar-refractivity contribution < 1.29 is 9.53 Å². The van der Waals surface area contributed by atoms with Crippen LogP contribution in [0, 0.1) is 11.3 Å². The first kappa shape index (κ1) is 18.7. The van der Waals surface area contributed by atoms with E-state index >= 15 is 0 Å². The van der Waals surface area contributed by atoms with Crippen molar-refractivity contribution in [2.24, 2.45) is 11.7 Å². The van der Waals surface area contributed by atoms with Crippen molar-refractivity contribution in [3.8, 4) is 0 Å². The molecule has 1 aliphatic carbocycles. The van der Waals surface area contributed by atoms with Crippen molar-refractivity contribution in [2.45, 2.75) is 32.1 Å². The van der Waals surface area contributed by atoms with Crippen molar-refractivity contribution in [3.63, 3.8) is 0 Å². The number of ether oxygens (including phenoxy) is 1. The topological polar surface area (TPSA) is 103 Å². The highest BCUT2D eigenvalue weighted by molar-refractivity contribution is 6.10. The van der Waals surface area contributed by atoms with Crippen molar-refractivity contribution in [3.05, 3.63) is 11.5 Å². The van der Waals surface area contributed by atoms with Gasteiger partial charge in [-0.15, -0.1) is 0 Å². The Balaban J connectivity index is 1.86. The van der Waals surface area contributed by atoms with Gasteiger partial charge in [-0.2, -0.15) is 0 Å². The van der Waals surface area contributed by atoms with Crippen molar-refractivity contribution in [1.29, 1.82) is 5.41 Å². The molecule has 0 aromatic carbocycles. The molecular weight excluding hydrogens is 306 g/mol. The second kappa shape index (κ2) is 10.3. The van der Waals surface area contributed by atoms with Gasteiger partial charge in [-0.25, -0.2) is 0 Å². The number of piperazine rings is 1. The summed E-state index contributed by atoms with van der Waals surface area (Å²) in [6, 6.07) is 0. The number of hydrogen-bond donors (Lipinski definition) is 4. The maximum atomic E-state index is 11.6. The number of primary amides is 1. The fourth-order valence-electron chi connectivity index (χ4n) is 3.29. The summed E-state index contributed by atoms with van der Waals surface area (Å²) < 4.78 is 5.87. The highest BCUT2D eigenvalue weighted by Crippen LogP contribution is 2.24.